The highest BCUT2D eigenvalue weighted by molar-refractivity contribution is 6.35. The Morgan fingerprint density at radius 3 is 2.19 bits per heavy atom. The third kappa shape index (κ3) is 2.37. The van der Waals surface area contributed by atoms with Crippen LogP contribution in [0.4, 0.5) is 17.2 Å². The number of hydrogen-bond donors (Lipinski definition) is 2. The van der Waals surface area contributed by atoms with Crippen LogP contribution < -0.4 is 4.90 Å². The molecule has 0 atom stereocenters. The van der Waals surface area contributed by atoms with Gasteiger partial charge in [-0.3, -0.25) is 4.90 Å². The molecule has 0 bridgehead atoms. The van der Waals surface area contributed by atoms with E-state index in [0.29, 0.717) is 5.15 Å². The van der Waals surface area contributed by atoms with E-state index in [1.54, 1.807) is 0 Å². The number of rotatable bonds is 3. The Kier molecular flexibility index (Phi) is 3.47. The summed E-state index contributed by atoms with van der Waals surface area (Å²) in [5.41, 5.74) is 4.11. The molecule has 0 saturated carbocycles. The maximum Gasteiger partial charge on any atom is 0.131 e. The van der Waals surface area contributed by atoms with E-state index < -0.39 is 0 Å². The van der Waals surface area contributed by atoms with Crippen molar-refractivity contribution in [2.45, 2.75) is 0 Å². The molecular formula is C22H16ClN3. The Bertz CT molecular complexity index is 1170. The zero-order valence-electron chi connectivity index (χ0n) is 13.9. The summed E-state index contributed by atoms with van der Waals surface area (Å²) in [4.78, 5) is 8.99. The van der Waals surface area contributed by atoms with Crippen molar-refractivity contribution < 1.29 is 0 Å². The molecule has 2 aromatic heterocycles. The van der Waals surface area contributed by atoms with E-state index in [2.05, 4.69) is 51.3 Å². The summed E-state index contributed by atoms with van der Waals surface area (Å²) in [5.74, 6) is 0.976. The van der Waals surface area contributed by atoms with Gasteiger partial charge >= 0.3 is 0 Å². The quantitative estimate of drug-likeness (QED) is 0.367. The average molecular weight is 358 g/mol. The zero-order chi connectivity index (χ0) is 17.5. The summed E-state index contributed by atoms with van der Waals surface area (Å²) in [6, 6.07) is 28.9. The van der Waals surface area contributed by atoms with Crippen LogP contribution in [0, 0.1) is 0 Å². The number of aromatic nitrogens is 2. The number of hydrogen-bond acceptors (Lipinski definition) is 1. The van der Waals surface area contributed by atoms with Crippen molar-refractivity contribution >= 4 is 50.6 Å². The fourth-order valence-electron chi connectivity index (χ4n) is 3.46. The van der Waals surface area contributed by atoms with Crippen LogP contribution in [0.25, 0.3) is 21.8 Å². The minimum absolute atomic E-state index is 0.619. The van der Waals surface area contributed by atoms with Crippen molar-refractivity contribution in [3.8, 4) is 0 Å². The van der Waals surface area contributed by atoms with E-state index in [4.69, 9.17) is 11.6 Å². The number of halogens is 1. The monoisotopic (exact) mass is 357 g/mol. The maximum atomic E-state index is 6.65. The molecule has 0 amide bonds. The number of para-hydroxylation sites is 3. The van der Waals surface area contributed by atoms with E-state index in [0.717, 1.165) is 33.6 Å². The van der Waals surface area contributed by atoms with Crippen molar-refractivity contribution in [3.63, 3.8) is 0 Å². The Hall–Kier alpha value is -3.17. The minimum Gasteiger partial charge on any atom is -0.344 e. The molecule has 3 nitrogen and oxygen atoms in total. The molecule has 0 radical (unpaired) electrons. The van der Waals surface area contributed by atoms with Gasteiger partial charge in [-0.05, 0) is 30.3 Å². The number of H-pyrrole nitrogens is 2. The molecule has 3 aromatic carbocycles. The summed E-state index contributed by atoms with van der Waals surface area (Å²) in [6.07, 6.45) is 0. The highest BCUT2D eigenvalue weighted by atomic mass is 35.5. The normalized spacial score (nSPS) is 11.3. The van der Waals surface area contributed by atoms with Gasteiger partial charge in [-0.25, -0.2) is 0 Å². The van der Waals surface area contributed by atoms with Crippen LogP contribution in [0.3, 0.4) is 0 Å². The van der Waals surface area contributed by atoms with Crippen molar-refractivity contribution in [1.29, 1.82) is 0 Å². The fourth-order valence-corrected chi connectivity index (χ4v) is 3.75. The SMILES string of the molecule is Clc1[nH]c2ccccc2c1N(c1ccccc1)c1cc2ccccc2[nH]1. The molecule has 0 aliphatic rings. The van der Waals surface area contributed by atoms with Crippen LogP contribution in [0.5, 0.6) is 0 Å². The third-order valence-electron chi connectivity index (χ3n) is 4.63. The van der Waals surface area contributed by atoms with Crippen molar-refractivity contribution in [3.05, 3.63) is 90.1 Å². The van der Waals surface area contributed by atoms with Gasteiger partial charge in [0.15, 0.2) is 0 Å². The van der Waals surface area contributed by atoms with Gasteiger partial charge in [-0.1, -0.05) is 66.2 Å². The Morgan fingerprint density at radius 2 is 1.38 bits per heavy atom. The molecule has 0 fully saturated rings. The summed E-state index contributed by atoms with van der Waals surface area (Å²) in [6.45, 7) is 0. The highest BCUT2D eigenvalue weighted by Crippen LogP contribution is 2.43. The van der Waals surface area contributed by atoms with Gasteiger partial charge in [0.05, 0.1) is 5.69 Å². The summed E-state index contributed by atoms with van der Waals surface area (Å²) >= 11 is 6.65. The first-order valence-electron chi connectivity index (χ1n) is 8.50. The van der Waals surface area contributed by atoms with Crippen molar-refractivity contribution in [1.82, 2.24) is 9.97 Å². The molecule has 4 heteroatoms. The first kappa shape index (κ1) is 15.1. The van der Waals surface area contributed by atoms with Gasteiger partial charge in [-0.2, -0.15) is 0 Å². The summed E-state index contributed by atoms with van der Waals surface area (Å²) in [7, 11) is 0. The van der Waals surface area contributed by atoms with Crippen LogP contribution in [0.1, 0.15) is 0 Å². The van der Waals surface area contributed by atoms with Crippen LogP contribution in [0.15, 0.2) is 84.9 Å². The molecule has 2 N–H and O–H groups in total. The smallest absolute Gasteiger partial charge is 0.131 e. The predicted molar refractivity (Wildman–Crippen MR) is 110 cm³/mol. The zero-order valence-corrected chi connectivity index (χ0v) is 14.7. The number of fused-ring (bicyclic) bond motifs is 2. The Balaban J connectivity index is 1.81. The lowest BCUT2D eigenvalue weighted by atomic mass is 10.2. The maximum absolute atomic E-state index is 6.65. The lowest BCUT2D eigenvalue weighted by Gasteiger charge is -2.23. The van der Waals surface area contributed by atoms with E-state index in [1.165, 1.54) is 5.39 Å². The third-order valence-corrected chi connectivity index (χ3v) is 4.90. The average Bonchev–Trinajstić information content (AvgIpc) is 3.24. The molecule has 0 saturated heterocycles. The second-order valence-electron chi connectivity index (χ2n) is 6.25. The van der Waals surface area contributed by atoms with E-state index in [-0.39, 0.29) is 0 Å². The van der Waals surface area contributed by atoms with Crippen LogP contribution >= 0.6 is 11.6 Å². The summed E-state index contributed by atoms with van der Waals surface area (Å²) < 4.78 is 0. The molecule has 0 spiro atoms. The van der Waals surface area contributed by atoms with E-state index in [9.17, 15) is 0 Å². The fraction of sp³-hybridized carbons (Fsp3) is 0. The molecule has 5 rings (SSSR count). The predicted octanol–water partition coefficient (Wildman–Crippen LogP) is 6.77. The standard InChI is InChI=1S/C22H16ClN3/c23-22-21(17-11-5-7-13-19(17)25-22)26(16-9-2-1-3-10-16)20-14-15-8-4-6-12-18(15)24-20/h1-14,24-25H. The number of benzene rings is 3. The molecule has 2 heterocycles. The Morgan fingerprint density at radius 1 is 0.692 bits per heavy atom. The van der Waals surface area contributed by atoms with Crippen LogP contribution in [0.2, 0.25) is 5.15 Å². The van der Waals surface area contributed by atoms with Gasteiger partial charge in [-0.15, -0.1) is 0 Å². The van der Waals surface area contributed by atoms with E-state index in [1.807, 2.05) is 48.5 Å². The topological polar surface area (TPSA) is 34.8 Å². The molecule has 0 unspecified atom stereocenters. The molecular weight excluding hydrogens is 342 g/mol. The highest BCUT2D eigenvalue weighted by Gasteiger charge is 2.21. The molecule has 0 aliphatic heterocycles. The molecule has 0 aliphatic carbocycles. The van der Waals surface area contributed by atoms with Crippen molar-refractivity contribution in [2.75, 3.05) is 4.90 Å². The molecule has 126 valence electrons. The second-order valence-corrected chi connectivity index (χ2v) is 6.62. The van der Waals surface area contributed by atoms with Gasteiger partial charge < -0.3 is 9.97 Å². The second kappa shape index (κ2) is 5.97. The van der Waals surface area contributed by atoms with Crippen LogP contribution in [-0.4, -0.2) is 9.97 Å². The first-order valence-corrected chi connectivity index (χ1v) is 8.88. The molecule has 5 aromatic rings. The Labute approximate surface area is 155 Å². The lowest BCUT2D eigenvalue weighted by molar-refractivity contribution is 1.23. The van der Waals surface area contributed by atoms with Gasteiger partial charge in [0.2, 0.25) is 0 Å². The largest absolute Gasteiger partial charge is 0.344 e. The number of nitrogens with one attached hydrogen (secondary N) is 2. The van der Waals surface area contributed by atoms with Crippen molar-refractivity contribution in [2.24, 2.45) is 0 Å². The van der Waals surface area contributed by atoms with E-state index >= 15 is 0 Å². The molecule has 26 heavy (non-hydrogen) atoms. The number of anilines is 3. The lowest BCUT2D eigenvalue weighted by Crippen LogP contribution is -2.10. The van der Waals surface area contributed by atoms with Gasteiger partial charge in [0, 0.05) is 27.5 Å². The first-order chi connectivity index (χ1) is 12.8. The van der Waals surface area contributed by atoms with Gasteiger partial charge in [0.25, 0.3) is 0 Å². The minimum atomic E-state index is 0.619. The van der Waals surface area contributed by atoms with Gasteiger partial charge in [0.1, 0.15) is 11.0 Å². The summed E-state index contributed by atoms with van der Waals surface area (Å²) in [5, 5.41) is 2.87. The number of nitrogens with zero attached hydrogens (tertiary/aromatic N) is 1. The number of aromatic amines is 2. The van der Waals surface area contributed by atoms with Crippen LogP contribution in [-0.2, 0) is 0 Å².